The molecular weight excluding hydrogens is 112 g/mol. The van der Waals surface area contributed by atoms with Gasteiger partial charge in [0.25, 0.3) is 0 Å². The summed E-state index contributed by atoms with van der Waals surface area (Å²) in [7, 11) is 0. The minimum atomic E-state index is 0.212. The van der Waals surface area contributed by atoms with Crippen LogP contribution in [0.1, 0.15) is 33.1 Å². The van der Waals surface area contributed by atoms with E-state index in [-0.39, 0.29) is 6.61 Å². The van der Waals surface area contributed by atoms with Gasteiger partial charge < -0.3 is 5.11 Å². The molecule has 0 amide bonds. The molecule has 0 atom stereocenters. The van der Waals surface area contributed by atoms with Crippen LogP contribution in [0.15, 0.2) is 11.6 Å². The number of hydrogen-bond donors (Lipinski definition) is 1. The average molecular weight is 128 g/mol. The lowest BCUT2D eigenvalue weighted by atomic mass is 10.2. The van der Waals surface area contributed by atoms with Gasteiger partial charge >= 0.3 is 0 Å². The van der Waals surface area contributed by atoms with E-state index < -0.39 is 0 Å². The second-order valence-corrected chi connectivity index (χ2v) is 2.35. The van der Waals surface area contributed by atoms with Crippen LogP contribution >= 0.6 is 0 Å². The molecule has 0 radical (unpaired) electrons. The molecule has 9 heavy (non-hydrogen) atoms. The molecule has 1 heteroatoms. The van der Waals surface area contributed by atoms with Crippen LogP contribution < -0.4 is 0 Å². The zero-order valence-electron chi connectivity index (χ0n) is 6.35. The average Bonchev–Trinajstić information content (AvgIpc) is 1.89. The fraction of sp³-hybridized carbons (Fsp3) is 0.750. The summed E-state index contributed by atoms with van der Waals surface area (Å²) in [5.74, 6) is 0. The molecule has 54 valence electrons. The van der Waals surface area contributed by atoms with Crippen molar-refractivity contribution in [1.29, 1.82) is 0 Å². The number of allylic oxidation sites excluding steroid dienone is 1. The number of unbranched alkanes of at least 4 members (excludes halogenated alkanes) is 2. The molecule has 0 aliphatic carbocycles. The minimum absolute atomic E-state index is 0.212. The number of rotatable bonds is 4. The normalized spacial score (nSPS) is 12.1. The van der Waals surface area contributed by atoms with Gasteiger partial charge in [0.15, 0.2) is 0 Å². The Morgan fingerprint density at radius 1 is 1.56 bits per heavy atom. The van der Waals surface area contributed by atoms with Crippen LogP contribution in [0.2, 0.25) is 0 Å². The van der Waals surface area contributed by atoms with Crippen LogP contribution in [0, 0.1) is 0 Å². The molecule has 1 N–H and O–H groups in total. The molecule has 0 spiro atoms. The van der Waals surface area contributed by atoms with E-state index in [1.807, 2.05) is 6.92 Å². The largest absolute Gasteiger partial charge is 0.392 e. The Morgan fingerprint density at radius 2 is 2.22 bits per heavy atom. The van der Waals surface area contributed by atoms with Crippen LogP contribution in [0.25, 0.3) is 0 Å². The fourth-order valence-electron chi connectivity index (χ4n) is 0.617. The van der Waals surface area contributed by atoms with Crippen molar-refractivity contribution in [2.45, 2.75) is 33.1 Å². The lowest BCUT2D eigenvalue weighted by Gasteiger charge is -1.92. The Balaban J connectivity index is 3.21. The summed E-state index contributed by atoms with van der Waals surface area (Å²) in [5.41, 5.74) is 1.09. The third kappa shape index (κ3) is 5.57. The monoisotopic (exact) mass is 128 g/mol. The van der Waals surface area contributed by atoms with Crippen LogP contribution in [0.5, 0.6) is 0 Å². The Hall–Kier alpha value is -0.300. The lowest BCUT2D eigenvalue weighted by Crippen LogP contribution is -1.82. The summed E-state index contributed by atoms with van der Waals surface area (Å²) < 4.78 is 0. The molecule has 0 bridgehead atoms. The SMILES string of the molecule is CCCC/C=C(/C)CO. The van der Waals surface area contributed by atoms with Crippen LogP contribution in [-0.4, -0.2) is 11.7 Å². The van der Waals surface area contributed by atoms with E-state index in [2.05, 4.69) is 13.0 Å². The second-order valence-electron chi connectivity index (χ2n) is 2.35. The molecule has 0 heterocycles. The summed E-state index contributed by atoms with van der Waals surface area (Å²) in [6.45, 7) is 4.33. The molecule has 0 aromatic carbocycles. The third-order valence-electron chi connectivity index (χ3n) is 1.30. The topological polar surface area (TPSA) is 20.2 Å². The van der Waals surface area contributed by atoms with Crippen molar-refractivity contribution in [2.75, 3.05) is 6.61 Å². The van der Waals surface area contributed by atoms with Gasteiger partial charge in [0, 0.05) is 0 Å². The van der Waals surface area contributed by atoms with E-state index in [4.69, 9.17) is 5.11 Å². The minimum Gasteiger partial charge on any atom is -0.392 e. The van der Waals surface area contributed by atoms with Gasteiger partial charge in [0.05, 0.1) is 6.61 Å². The predicted molar refractivity (Wildman–Crippen MR) is 40.4 cm³/mol. The fourth-order valence-corrected chi connectivity index (χ4v) is 0.617. The lowest BCUT2D eigenvalue weighted by molar-refractivity contribution is 0.331. The van der Waals surface area contributed by atoms with Gasteiger partial charge in [-0.1, -0.05) is 31.4 Å². The first-order valence-corrected chi connectivity index (χ1v) is 3.57. The highest BCUT2D eigenvalue weighted by Gasteiger charge is 1.83. The Bertz CT molecular complexity index is 84.6. The summed E-state index contributed by atoms with van der Waals surface area (Å²) in [6, 6.07) is 0. The van der Waals surface area contributed by atoms with Crippen molar-refractivity contribution in [1.82, 2.24) is 0 Å². The molecule has 0 saturated carbocycles. The molecule has 0 saturated heterocycles. The van der Waals surface area contributed by atoms with Gasteiger partial charge in [0.1, 0.15) is 0 Å². The zero-order chi connectivity index (χ0) is 7.11. The predicted octanol–water partition coefficient (Wildman–Crippen LogP) is 2.12. The van der Waals surface area contributed by atoms with Crippen molar-refractivity contribution in [3.63, 3.8) is 0 Å². The molecule has 0 aliphatic heterocycles. The van der Waals surface area contributed by atoms with Gasteiger partial charge in [-0.2, -0.15) is 0 Å². The van der Waals surface area contributed by atoms with Crippen molar-refractivity contribution >= 4 is 0 Å². The van der Waals surface area contributed by atoms with Crippen LogP contribution in [-0.2, 0) is 0 Å². The zero-order valence-corrected chi connectivity index (χ0v) is 6.35. The first-order chi connectivity index (χ1) is 4.31. The molecule has 0 unspecified atom stereocenters. The maximum atomic E-state index is 8.57. The highest BCUT2D eigenvalue weighted by Crippen LogP contribution is 1.99. The van der Waals surface area contributed by atoms with E-state index >= 15 is 0 Å². The summed E-state index contributed by atoms with van der Waals surface area (Å²) in [5, 5.41) is 8.57. The Labute approximate surface area is 57.4 Å². The maximum Gasteiger partial charge on any atom is 0.0639 e. The van der Waals surface area contributed by atoms with Gasteiger partial charge in [-0.15, -0.1) is 0 Å². The van der Waals surface area contributed by atoms with Gasteiger partial charge in [-0.25, -0.2) is 0 Å². The summed E-state index contributed by atoms with van der Waals surface area (Å²) in [4.78, 5) is 0. The molecule has 0 rings (SSSR count). The first kappa shape index (κ1) is 8.70. The first-order valence-electron chi connectivity index (χ1n) is 3.57. The number of hydrogen-bond acceptors (Lipinski definition) is 1. The smallest absolute Gasteiger partial charge is 0.0639 e. The maximum absolute atomic E-state index is 8.57. The van der Waals surface area contributed by atoms with Crippen LogP contribution in [0.4, 0.5) is 0 Å². The quantitative estimate of drug-likeness (QED) is 0.454. The van der Waals surface area contributed by atoms with Crippen LogP contribution in [0.3, 0.4) is 0 Å². The standard InChI is InChI=1S/C8H16O/c1-3-4-5-6-8(2)7-9/h6,9H,3-5,7H2,1-2H3/b8-6-. The highest BCUT2D eigenvalue weighted by atomic mass is 16.3. The summed E-state index contributed by atoms with van der Waals surface area (Å²) in [6.07, 6.45) is 5.68. The van der Waals surface area contributed by atoms with E-state index in [1.165, 1.54) is 12.8 Å². The van der Waals surface area contributed by atoms with E-state index in [9.17, 15) is 0 Å². The Kier molecular flexibility index (Phi) is 5.64. The van der Waals surface area contributed by atoms with Gasteiger partial charge in [0.2, 0.25) is 0 Å². The highest BCUT2D eigenvalue weighted by molar-refractivity contribution is 4.96. The van der Waals surface area contributed by atoms with Crippen molar-refractivity contribution in [2.24, 2.45) is 0 Å². The molecule has 0 aromatic heterocycles. The third-order valence-corrected chi connectivity index (χ3v) is 1.30. The van der Waals surface area contributed by atoms with E-state index in [1.54, 1.807) is 0 Å². The van der Waals surface area contributed by atoms with Gasteiger partial charge in [-0.05, 0) is 13.3 Å². The van der Waals surface area contributed by atoms with E-state index in [0.29, 0.717) is 0 Å². The molecule has 1 nitrogen and oxygen atoms in total. The molecule has 0 fully saturated rings. The molecular formula is C8H16O. The summed E-state index contributed by atoms with van der Waals surface area (Å²) >= 11 is 0. The Morgan fingerprint density at radius 3 is 2.67 bits per heavy atom. The number of aliphatic hydroxyl groups is 1. The number of aliphatic hydroxyl groups excluding tert-OH is 1. The van der Waals surface area contributed by atoms with Crippen molar-refractivity contribution in [3.05, 3.63) is 11.6 Å². The molecule has 0 aromatic rings. The van der Waals surface area contributed by atoms with Crippen molar-refractivity contribution < 1.29 is 5.11 Å². The van der Waals surface area contributed by atoms with Crippen molar-refractivity contribution in [3.8, 4) is 0 Å². The van der Waals surface area contributed by atoms with E-state index in [0.717, 1.165) is 12.0 Å². The molecule has 0 aliphatic rings. The second kappa shape index (κ2) is 5.83. The van der Waals surface area contributed by atoms with Gasteiger partial charge in [-0.3, -0.25) is 0 Å².